The third kappa shape index (κ3) is 5.28. The number of aryl methyl sites for hydroxylation is 1. The van der Waals surface area contributed by atoms with E-state index >= 15 is 0 Å². The Hall–Kier alpha value is -2.33. The Morgan fingerprint density at radius 3 is 2.43 bits per heavy atom. The summed E-state index contributed by atoms with van der Waals surface area (Å²) in [5.74, 6) is 0.507. The highest BCUT2D eigenvalue weighted by molar-refractivity contribution is 5.64. The van der Waals surface area contributed by atoms with E-state index in [1.807, 2.05) is 49.4 Å². The minimum Gasteiger partial charge on any atom is -0.432 e. The molecule has 0 aliphatic carbocycles. The molecule has 0 N–H and O–H groups in total. The van der Waals surface area contributed by atoms with Crippen molar-refractivity contribution in [3.8, 4) is 5.75 Å². The van der Waals surface area contributed by atoms with E-state index < -0.39 is 6.16 Å². The van der Waals surface area contributed by atoms with Crippen molar-refractivity contribution in [3.63, 3.8) is 0 Å². The van der Waals surface area contributed by atoms with E-state index in [0.717, 1.165) is 11.1 Å². The first kappa shape index (κ1) is 15.1. The second-order valence-electron chi connectivity index (χ2n) is 4.50. The standard InChI is InChI=1S/C17H18O4/c1-14-7-5-6-10-16(14)21-17(18)20-12-11-19-13-15-8-3-2-4-9-15/h2-10H,11-13H2,1H3. The van der Waals surface area contributed by atoms with E-state index in [1.54, 1.807) is 12.1 Å². The third-order valence-electron chi connectivity index (χ3n) is 2.85. The summed E-state index contributed by atoms with van der Waals surface area (Å²) < 4.78 is 15.5. The van der Waals surface area contributed by atoms with Gasteiger partial charge in [0.05, 0.1) is 13.2 Å². The van der Waals surface area contributed by atoms with Gasteiger partial charge < -0.3 is 14.2 Å². The van der Waals surface area contributed by atoms with Crippen LogP contribution in [0.3, 0.4) is 0 Å². The van der Waals surface area contributed by atoms with Crippen molar-refractivity contribution in [3.05, 3.63) is 65.7 Å². The van der Waals surface area contributed by atoms with E-state index in [-0.39, 0.29) is 6.61 Å². The molecule has 0 aromatic heterocycles. The van der Waals surface area contributed by atoms with Crippen LogP contribution in [0.25, 0.3) is 0 Å². The molecule has 0 aliphatic rings. The van der Waals surface area contributed by atoms with E-state index in [4.69, 9.17) is 14.2 Å². The van der Waals surface area contributed by atoms with Crippen LogP contribution in [0.5, 0.6) is 5.75 Å². The molecule has 0 bridgehead atoms. The van der Waals surface area contributed by atoms with Crippen molar-refractivity contribution in [2.45, 2.75) is 13.5 Å². The van der Waals surface area contributed by atoms with Gasteiger partial charge in [0.1, 0.15) is 12.4 Å². The summed E-state index contributed by atoms with van der Waals surface area (Å²) in [4.78, 5) is 11.5. The molecule has 21 heavy (non-hydrogen) atoms. The summed E-state index contributed by atoms with van der Waals surface area (Å²) >= 11 is 0. The monoisotopic (exact) mass is 286 g/mol. The SMILES string of the molecule is Cc1ccccc1OC(=O)OCCOCc1ccccc1. The topological polar surface area (TPSA) is 44.8 Å². The van der Waals surface area contributed by atoms with Gasteiger partial charge in [0.2, 0.25) is 0 Å². The summed E-state index contributed by atoms with van der Waals surface area (Å²) in [6, 6.07) is 17.1. The summed E-state index contributed by atoms with van der Waals surface area (Å²) in [6.45, 7) is 2.86. The van der Waals surface area contributed by atoms with Gasteiger partial charge in [0.25, 0.3) is 0 Å². The van der Waals surface area contributed by atoms with E-state index in [1.165, 1.54) is 0 Å². The van der Waals surface area contributed by atoms with Gasteiger partial charge >= 0.3 is 6.16 Å². The maximum Gasteiger partial charge on any atom is 0.513 e. The van der Waals surface area contributed by atoms with Crippen LogP contribution in [0.4, 0.5) is 4.79 Å². The molecule has 0 amide bonds. The molecule has 0 aliphatic heterocycles. The van der Waals surface area contributed by atoms with Crippen molar-refractivity contribution in [1.82, 2.24) is 0 Å². The lowest BCUT2D eigenvalue weighted by atomic mass is 10.2. The van der Waals surface area contributed by atoms with Crippen LogP contribution >= 0.6 is 0 Å². The van der Waals surface area contributed by atoms with Gasteiger partial charge in [-0.15, -0.1) is 0 Å². The molecular formula is C17H18O4. The minimum atomic E-state index is -0.715. The van der Waals surface area contributed by atoms with E-state index in [2.05, 4.69) is 0 Å². The molecule has 2 aromatic carbocycles. The smallest absolute Gasteiger partial charge is 0.432 e. The average Bonchev–Trinajstić information content (AvgIpc) is 2.50. The highest BCUT2D eigenvalue weighted by Crippen LogP contribution is 2.16. The summed E-state index contributed by atoms with van der Waals surface area (Å²) in [5.41, 5.74) is 1.97. The lowest BCUT2D eigenvalue weighted by Gasteiger charge is -2.08. The first-order chi connectivity index (χ1) is 10.3. The first-order valence-electron chi connectivity index (χ1n) is 6.77. The Balaban J connectivity index is 1.63. The molecule has 0 saturated carbocycles. The molecule has 4 nitrogen and oxygen atoms in total. The number of benzene rings is 2. The Kier molecular flexibility index (Phi) is 5.79. The highest BCUT2D eigenvalue weighted by Gasteiger charge is 2.07. The number of ether oxygens (including phenoxy) is 3. The normalized spacial score (nSPS) is 10.1. The van der Waals surface area contributed by atoms with Gasteiger partial charge in [0, 0.05) is 0 Å². The number of rotatable bonds is 6. The van der Waals surface area contributed by atoms with Gasteiger partial charge in [0.15, 0.2) is 0 Å². The lowest BCUT2D eigenvalue weighted by molar-refractivity contribution is 0.0462. The number of hydrogen-bond acceptors (Lipinski definition) is 4. The number of carbonyl (C=O) groups excluding carboxylic acids is 1. The van der Waals surface area contributed by atoms with Crippen LogP contribution in [-0.4, -0.2) is 19.4 Å². The summed E-state index contributed by atoms with van der Waals surface area (Å²) in [6.07, 6.45) is -0.715. The van der Waals surface area contributed by atoms with Crippen molar-refractivity contribution in [1.29, 1.82) is 0 Å². The van der Waals surface area contributed by atoms with E-state index in [9.17, 15) is 4.79 Å². The molecular weight excluding hydrogens is 268 g/mol. The molecule has 2 rings (SSSR count). The summed E-state index contributed by atoms with van der Waals surface area (Å²) in [5, 5.41) is 0. The molecule has 4 heteroatoms. The van der Waals surface area contributed by atoms with Crippen LogP contribution in [0, 0.1) is 6.92 Å². The van der Waals surface area contributed by atoms with Crippen LogP contribution < -0.4 is 4.74 Å². The predicted octanol–water partition coefficient (Wildman–Crippen LogP) is 3.73. The zero-order chi connectivity index (χ0) is 14.9. The van der Waals surface area contributed by atoms with Crippen molar-refractivity contribution < 1.29 is 19.0 Å². The Labute approximate surface area is 124 Å². The quantitative estimate of drug-likeness (QED) is 0.461. The minimum absolute atomic E-state index is 0.164. The first-order valence-corrected chi connectivity index (χ1v) is 6.77. The Bertz CT molecular complexity index is 566. The molecule has 0 heterocycles. The van der Waals surface area contributed by atoms with Crippen molar-refractivity contribution >= 4 is 6.16 Å². The van der Waals surface area contributed by atoms with E-state index in [0.29, 0.717) is 19.0 Å². The largest absolute Gasteiger partial charge is 0.513 e. The molecule has 2 aromatic rings. The zero-order valence-corrected chi connectivity index (χ0v) is 12.0. The molecule has 0 spiro atoms. The van der Waals surface area contributed by atoms with Gasteiger partial charge in [-0.05, 0) is 24.1 Å². The van der Waals surface area contributed by atoms with Crippen molar-refractivity contribution in [2.24, 2.45) is 0 Å². The Morgan fingerprint density at radius 2 is 1.67 bits per heavy atom. The van der Waals surface area contributed by atoms with Crippen molar-refractivity contribution in [2.75, 3.05) is 13.2 Å². The molecule has 110 valence electrons. The molecule has 0 fully saturated rings. The number of para-hydroxylation sites is 1. The highest BCUT2D eigenvalue weighted by atomic mass is 16.7. The maximum absolute atomic E-state index is 11.5. The summed E-state index contributed by atoms with van der Waals surface area (Å²) in [7, 11) is 0. The predicted molar refractivity (Wildman–Crippen MR) is 79.3 cm³/mol. The van der Waals surface area contributed by atoms with Gasteiger partial charge in [-0.1, -0.05) is 48.5 Å². The molecule has 0 saturated heterocycles. The van der Waals surface area contributed by atoms with Crippen LogP contribution in [0.15, 0.2) is 54.6 Å². The Morgan fingerprint density at radius 1 is 0.952 bits per heavy atom. The molecule has 0 unspecified atom stereocenters. The lowest BCUT2D eigenvalue weighted by Crippen LogP contribution is -2.14. The average molecular weight is 286 g/mol. The zero-order valence-electron chi connectivity index (χ0n) is 12.0. The second-order valence-corrected chi connectivity index (χ2v) is 4.50. The fourth-order valence-corrected chi connectivity index (χ4v) is 1.74. The maximum atomic E-state index is 11.5. The van der Waals surface area contributed by atoms with Crippen LogP contribution in [-0.2, 0) is 16.1 Å². The molecule has 0 atom stereocenters. The number of carbonyl (C=O) groups is 1. The van der Waals surface area contributed by atoms with Gasteiger partial charge in [-0.2, -0.15) is 0 Å². The van der Waals surface area contributed by atoms with Gasteiger partial charge in [-0.3, -0.25) is 0 Å². The van der Waals surface area contributed by atoms with Gasteiger partial charge in [-0.25, -0.2) is 4.79 Å². The molecule has 0 radical (unpaired) electrons. The number of hydrogen-bond donors (Lipinski definition) is 0. The van der Waals surface area contributed by atoms with Crippen LogP contribution in [0.1, 0.15) is 11.1 Å². The second kappa shape index (κ2) is 8.07. The van der Waals surface area contributed by atoms with Crippen LogP contribution in [0.2, 0.25) is 0 Å². The fraction of sp³-hybridized carbons (Fsp3) is 0.235. The fourth-order valence-electron chi connectivity index (χ4n) is 1.74. The third-order valence-corrected chi connectivity index (χ3v) is 2.85.